The third-order valence-electron chi connectivity index (χ3n) is 3.21. The molecule has 1 heterocycles. The van der Waals surface area contributed by atoms with Gasteiger partial charge in [0.1, 0.15) is 6.04 Å². The zero-order chi connectivity index (χ0) is 14.6. The number of carbonyl (C=O) groups is 3. The number of hydrogen-bond donors (Lipinski definition) is 3. The second kappa shape index (κ2) is 6.37. The molecule has 8 heteroatoms. The molecule has 3 amide bonds. The first kappa shape index (κ1) is 15.2. The monoisotopic (exact) mass is 273 g/mol. The molecule has 0 spiro atoms. The summed E-state index contributed by atoms with van der Waals surface area (Å²) >= 11 is 0. The molecule has 0 aromatic carbocycles. The molecule has 0 bridgehead atoms. The lowest BCUT2D eigenvalue weighted by Crippen LogP contribution is -2.59. The first-order chi connectivity index (χ1) is 8.84. The molecular formula is C11H19N3O5. The molecule has 8 nitrogen and oxygen atoms in total. The van der Waals surface area contributed by atoms with Crippen LogP contribution >= 0.6 is 0 Å². The minimum Gasteiger partial charge on any atom is -0.481 e. The second-order valence-electron chi connectivity index (χ2n) is 4.55. The second-order valence-corrected chi connectivity index (χ2v) is 4.55. The number of rotatable bonds is 4. The van der Waals surface area contributed by atoms with Gasteiger partial charge < -0.3 is 25.8 Å². The Hall–Kier alpha value is -1.83. The largest absolute Gasteiger partial charge is 0.481 e. The van der Waals surface area contributed by atoms with Gasteiger partial charge in [0.2, 0.25) is 5.91 Å². The van der Waals surface area contributed by atoms with Crippen LogP contribution < -0.4 is 11.1 Å². The number of aliphatic carboxylic acids is 1. The Labute approximate surface area is 110 Å². The highest BCUT2D eigenvalue weighted by Crippen LogP contribution is 2.09. The van der Waals surface area contributed by atoms with Crippen molar-refractivity contribution >= 4 is 17.9 Å². The molecule has 3 unspecified atom stereocenters. The number of carboxylic acids is 1. The van der Waals surface area contributed by atoms with E-state index in [1.807, 2.05) is 0 Å². The van der Waals surface area contributed by atoms with Gasteiger partial charge in [-0.1, -0.05) is 0 Å². The lowest BCUT2D eigenvalue weighted by molar-refractivity contribution is -0.142. The lowest BCUT2D eigenvalue weighted by Gasteiger charge is -2.34. The molecule has 0 aromatic heterocycles. The van der Waals surface area contributed by atoms with Crippen molar-refractivity contribution in [2.24, 2.45) is 11.7 Å². The van der Waals surface area contributed by atoms with Crippen LogP contribution in [0.2, 0.25) is 0 Å². The number of primary amides is 1. The van der Waals surface area contributed by atoms with Crippen LogP contribution in [-0.2, 0) is 14.3 Å². The summed E-state index contributed by atoms with van der Waals surface area (Å²) in [5.74, 6) is -2.37. The van der Waals surface area contributed by atoms with Crippen LogP contribution in [0.5, 0.6) is 0 Å². The number of urea groups is 1. The van der Waals surface area contributed by atoms with Gasteiger partial charge in [0.25, 0.3) is 0 Å². The number of nitrogens with zero attached hydrogens (tertiary/aromatic N) is 1. The van der Waals surface area contributed by atoms with Crippen molar-refractivity contribution in [2.75, 3.05) is 19.8 Å². The van der Waals surface area contributed by atoms with E-state index in [1.165, 1.54) is 11.8 Å². The maximum Gasteiger partial charge on any atom is 0.318 e. The Kier molecular flexibility index (Phi) is 5.11. The van der Waals surface area contributed by atoms with Crippen LogP contribution in [0.3, 0.4) is 0 Å². The number of morpholine rings is 1. The van der Waals surface area contributed by atoms with Crippen LogP contribution in [-0.4, -0.2) is 59.8 Å². The summed E-state index contributed by atoms with van der Waals surface area (Å²) in [5, 5.41) is 11.4. The maximum absolute atomic E-state index is 12.0. The fourth-order valence-corrected chi connectivity index (χ4v) is 1.70. The standard InChI is InChI=1S/C11H19N3O5/c1-6(10(16)17)7(2)13-11(18)14-3-4-19-5-8(14)9(12)15/h6-8H,3-5H2,1-2H3,(H2,12,15)(H,13,18)(H,16,17). The minimum absolute atomic E-state index is 0.0611. The van der Waals surface area contributed by atoms with Crippen molar-refractivity contribution in [2.45, 2.75) is 25.9 Å². The summed E-state index contributed by atoms with van der Waals surface area (Å²) in [7, 11) is 0. The van der Waals surface area contributed by atoms with Crippen LogP contribution in [0.15, 0.2) is 0 Å². The highest BCUT2D eigenvalue weighted by molar-refractivity contribution is 5.86. The van der Waals surface area contributed by atoms with Gasteiger partial charge in [0.15, 0.2) is 0 Å². The Morgan fingerprint density at radius 3 is 2.58 bits per heavy atom. The first-order valence-electron chi connectivity index (χ1n) is 6.01. The summed E-state index contributed by atoms with van der Waals surface area (Å²) in [5.41, 5.74) is 5.20. The number of amides is 3. The quantitative estimate of drug-likeness (QED) is 0.606. The van der Waals surface area contributed by atoms with Crippen molar-refractivity contribution in [1.29, 1.82) is 0 Å². The molecular weight excluding hydrogens is 254 g/mol. The molecule has 3 atom stereocenters. The van der Waals surface area contributed by atoms with E-state index in [2.05, 4.69) is 5.32 Å². The SMILES string of the molecule is CC(NC(=O)N1CCOCC1C(N)=O)C(C)C(=O)O. The molecule has 0 radical (unpaired) electrons. The zero-order valence-corrected chi connectivity index (χ0v) is 11.0. The summed E-state index contributed by atoms with van der Waals surface area (Å²) in [6.45, 7) is 3.72. The summed E-state index contributed by atoms with van der Waals surface area (Å²) < 4.78 is 5.10. The molecule has 0 aromatic rings. The number of carboxylic acid groups (broad SMARTS) is 1. The molecule has 1 aliphatic heterocycles. The molecule has 1 saturated heterocycles. The van der Waals surface area contributed by atoms with E-state index in [0.717, 1.165) is 0 Å². The van der Waals surface area contributed by atoms with Gasteiger partial charge in [0.05, 0.1) is 19.1 Å². The van der Waals surface area contributed by atoms with Crippen molar-refractivity contribution in [3.05, 3.63) is 0 Å². The molecule has 4 N–H and O–H groups in total. The fraction of sp³-hybridized carbons (Fsp3) is 0.727. The van der Waals surface area contributed by atoms with E-state index in [-0.39, 0.29) is 13.2 Å². The van der Waals surface area contributed by atoms with Gasteiger partial charge >= 0.3 is 12.0 Å². The third-order valence-corrected chi connectivity index (χ3v) is 3.21. The van der Waals surface area contributed by atoms with Crippen LogP contribution in [0.4, 0.5) is 4.79 Å². The van der Waals surface area contributed by atoms with E-state index in [9.17, 15) is 14.4 Å². The highest BCUT2D eigenvalue weighted by Gasteiger charge is 2.33. The summed E-state index contributed by atoms with van der Waals surface area (Å²) in [6, 6.07) is -1.88. The third kappa shape index (κ3) is 3.82. The van der Waals surface area contributed by atoms with E-state index in [4.69, 9.17) is 15.6 Å². The van der Waals surface area contributed by atoms with E-state index >= 15 is 0 Å². The smallest absolute Gasteiger partial charge is 0.318 e. The van der Waals surface area contributed by atoms with Crippen LogP contribution in [0.1, 0.15) is 13.8 Å². The van der Waals surface area contributed by atoms with E-state index < -0.39 is 35.9 Å². The predicted octanol–water partition coefficient (Wildman–Crippen LogP) is -1.01. The number of carbonyl (C=O) groups excluding carboxylic acids is 2. The Morgan fingerprint density at radius 2 is 2.05 bits per heavy atom. The van der Waals surface area contributed by atoms with Crippen molar-refractivity contribution in [3.63, 3.8) is 0 Å². The zero-order valence-electron chi connectivity index (χ0n) is 11.0. The number of hydrogen-bond acceptors (Lipinski definition) is 4. The molecule has 108 valence electrons. The topological polar surface area (TPSA) is 122 Å². The van der Waals surface area contributed by atoms with Gasteiger partial charge in [-0.25, -0.2) is 4.79 Å². The van der Waals surface area contributed by atoms with E-state index in [0.29, 0.717) is 6.61 Å². The van der Waals surface area contributed by atoms with Gasteiger partial charge in [-0.3, -0.25) is 9.59 Å². The van der Waals surface area contributed by atoms with Crippen LogP contribution in [0.25, 0.3) is 0 Å². The van der Waals surface area contributed by atoms with Crippen molar-refractivity contribution < 1.29 is 24.2 Å². The van der Waals surface area contributed by atoms with Gasteiger partial charge in [-0.2, -0.15) is 0 Å². The van der Waals surface area contributed by atoms with Gasteiger partial charge in [-0.05, 0) is 13.8 Å². The lowest BCUT2D eigenvalue weighted by atomic mass is 10.0. The predicted molar refractivity (Wildman–Crippen MR) is 65.3 cm³/mol. The van der Waals surface area contributed by atoms with Crippen LogP contribution in [0, 0.1) is 5.92 Å². The maximum atomic E-state index is 12.0. The normalized spacial score (nSPS) is 22.4. The van der Waals surface area contributed by atoms with E-state index in [1.54, 1.807) is 6.92 Å². The van der Waals surface area contributed by atoms with Crippen molar-refractivity contribution in [1.82, 2.24) is 10.2 Å². The van der Waals surface area contributed by atoms with Gasteiger partial charge in [0, 0.05) is 12.6 Å². The fourth-order valence-electron chi connectivity index (χ4n) is 1.70. The minimum atomic E-state index is -0.999. The Bertz CT molecular complexity index is 373. The molecule has 19 heavy (non-hydrogen) atoms. The number of ether oxygens (including phenoxy) is 1. The summed E-state index contributed by atoms with van der Waals surface area (Å²) in [6.07, 6.45) is 0. The molecule has 0 aliphatic carbocycles. The highest BCUT2D eigenvalue weighted by atomic mass is 16.5. The summed E-state index contributed by atoms with van der Waals surface area (Å²) in [4.78, 5) is 35.3. The molecule has 1 aliphatic rings. The average Bonchev–Trinajstić information content (AvgIpc) is 2.37. The molecule has 1 fully saturated rings. The molecule has 0 saturated carbocycles. The number of nitrogens with one attached hydrogen (secondary N) is 1. The Morgan fingerprint density at radius 1 is 1.42 bits per heavy atom. The van der Waals surface area contributed by atoms with Crippen molar-refractivity contribution in [3.8, 4) is 0 Å². The number of nitrogens with two attached hydrogens (primary N) is 1. The van der Waals surface area contributed by atoms with Gasteiger partial charge in [-0.15, -0.1) is 0 Å². The Balaban J connectivity index is 2.65. The average molecular weight is 273 g/mol. The molecule has 1 rings (SSSR count). The first-order valence-corrected chi connectivity index (χ1v) is 6.01.